The lowest BCUT2D eigenvalue weighted by Gasteiger charge is -2.26. The number of nitrogens with zero attached hydrogens (tertiary/aromatic N) is 3. The second-order valence-electron chi connectivity index (χ2n) is 10.8. The highest BCUT2D eigenvalue weighted by Crippen LogP contribution is 2.49. The van der Waals surface area contributed by atoms with Gasteiger partial charge in [0.15, 0.2) is 0 Å². The molecule has 192 valence electrons. The zero-order valence-electron chi connectivity index (χ0n) is 22.6. The van der Waals surface area contributed by atoms with Crippen LogP contribution in [0.15, 0.2) is 140 Å². The summed E-state index contributed by atoms with van der Waals surface area (Å²) in [6.45, 7) is 4.58. The van der Waals surface area contributed by atoms with Crippen LogP contribution in [0.2, 0.25) is 0 Å². The first-order valence-corrected chi connectivity index (χ1v) is 13.7. The van der Waals surface area contributed by atoms with Crippen LogP contribution in [0.5, 0.6) is 0 Å². The van der Waals surface area contributed by atoms with E-state index < -0.39 is 0 Å². The number of aromatic nitrogens is 2. The van der Waals surface area contributed by atoms with Crippen LogP contribution in [0.3, 0.4) is 0 Å². The molecular weight excluding hydrogens is 486 g/mol. The van der Waals surface area contributed by atoms with Gasteiger partial charge in [0.05, 0.1) is 11.4 Å². The van der Waals surface area contributed by atoms with Crippen LogP contribution >= 0.6 is 0 Å². The third-order valence-electron chi connectivity index (χ3n) is 7.95. The van der Waals surface area contributed by atoms with Gasteiger partial charge >= 0.3 is 0 Å². The third kappa shape index (κ3) is 4.07. The molecular formula is C37H29N3. The van der Waals surface area contributed by atoms with E-state index in [1.165, 1.54) is 22.3 Å². The molecule has 0 unspecified atom stereocenters. The lowest BCUT2D eigenvalue weighted by atomic mass is 9.83. The van der Waals surface area contributed by atoms with Gasteiger partial charge in [-0.05, 0) is 76.9 Å². The van der Waals surface area contributed by atoms with Crippen molar-refractivity contribution in [2.24, 2.45) is 0 Å². The fraction of sp³-hybridized carbons (Fsp3) is 0.0811. The molecule has 0 spiro atoms. The predicted octanol–water partition coefficient (Wildman–Crippen LogP) is 9.59. The summed E-state index contributed by atoms with van der Waals surface area (Å²) in [7, 11) is 0. The van der Waals surface area contributed by atoms with E-state index in [4.69, 9.17) is 4.98 Å². The van der Waals surface area contributed by atoms with Gasteiger partial charge in [0.1, 0.15) is 0 Å². The average molecular weight is 516 g/mol. The number of anilines is 3. The molecule has 0 aliphatic heterocycles. The van der Waals surface area contributed by atoms with Crippen LogP contribution in [0.1, 0.15) is 25.0 Å². The molecule has 0 radical (unpaired) electrons. The Morgan fingerprint density at radius 1 is 0.500 bits per heavy atom. The topological polar surface area (TPSA) is 29.0 Å². The molecule has 40 heavy (non-hydrogen) atoms. The Hall–Kier alpha value is -5.02. The normalized spacial score (nSPS) is 12.9. The summed E-state index contributed by atoms with van der Waals surface area (Å²) in [6.07, 6.45) is 3.91. The van der Waals surface area contributed by atoms with E-state index in [0.717, 1.165) is 39.6 Å². The summed E-state index contributed by atoms with van der Waals surface area (Å²) in [4.78, 5) is 11.8. The van der Waals surface area contributed by atoms with Gasteiger partial charge in [0.2, 0.25) is 0 Å². The Labute approximate surface area is 235 Å². The first-order valence-electron chi connectivity index (χ1n) is 13.7. The van der Waals surface area contributed by atoms with Gasteiger partial charge in [0, 0.05) is 46.0 Å². The second-order valence-corrected chi connectivity index (χ2v) is 10.8. The molecule has 7 rings (SSSR count). The molecule has 0 N–H and O–H groups in total. The average Bonchev–Trinajstić information content (AvgIpc) is 3.25. The number of hydrogen-bond donors (Lipinski definition) is 0. The molecule has 2 aromatic heterocycles. The van der Waals surface area contributed by atoms with Crippen molar-refractivity contribution in [3.63, 3.8) is 0 Å². The predicted molar refractivity (Wildman–Crippen MR) is 165 cm³/mol. The van der Waals surface area contributed by atoms with E-state index in [2.05, 4.69) is 139 Å². The SMILES string of the molecule is CC1(C)c2ccccc2-c2cc(-c3cccc(N(c4ccccc4)c4cccc(-c5ccccn5)c4)c3)ncc21. The summed E-state index contributed by atoms with van der Waals surface area (Å²) in [6, 6.07) is 44.7. The quantitative estimate of drug-likeness (QED) is 0.229. The standard InChI is InChI=1S/C37H29N3/c1-37(2)33-19-7-6-18-31(33)32-24-36(39-25-34(32)37)27-13-11-17-30(23-27)40(28-14-4-3-5-15-28)29-16-10-12-26(22-29)35-20-8-9-21-38-35/h3-25H,1-2H3. The summed E-state index contributed by atoms with van der Waals surface area (Å²) in [5.41, 5.74) is 12.5. The lowest BCUT2D eigenvalue weighted by Crippen LogP contribution is -2.15. The number of para-hydroxylation sites is 1. The Bertz CT molecular complexity index is 1820. The molecule has 3 heteroatoms. The van der Waals surface area contributed by atoms with Crippen LogP contribution < -0.4 is 4.90 Å². The van der Waals surface area contributed by atoms with E-state index in [9.17, 15) is 0 Å². The third-order valence-corrected chi connectivity index (χ3v) is 7.95. The van der Waals surface area contributed by atoms with Crippen molar-refractivity contribution in [3.8, 4) is 33.6 Å². The number of pyridine rings is 2. The summed E-state index contributed by atoms with van der Waals surface area (Å²) < 4.78 is 0. The highest BCUT2D eigenvalue weighted by atomic mass is 15.1. The molecule has 1 aliphatic rings. The van der Waals surface area contributed by atoms with Crippen molar-refractivity contribution in [2.45, 2.75) is 19.3 Å². The maximum absolute atomic E-state index is 4.97. The second kappa shape index (κ2) is 9.62. The van der Waals surface area contributed by atoms with Crippen molar-refractivity contribution >= 4 is 17.1 Å². The van der Waals surface area contributed by atoms with Crippen molar-refractivity contribution in [1.82, 2.24) is 9.97 Å². The summed E-state index contributed by atoms with van der Waals surface area (Å²) in [5.74, 6) is 0. The number of fused-ring (bicyclic) bond motifs is 3. The fourth-order valence-corrected chi connectivity index (χ4v) is 5.91. The van der Waals surface area contributed by atoms with E-state index in [1.54, 1.807) is 0 Å². The van der Waals surface area contributed by atoms with Gasteiger partial charge in [-0.2, -0.15) is 0 Å². The Morgan fingerprint density at radius 3 is 1.88 bits per heavy atom. The minimum Gasteiger partial charge on any atom is -0.310 e. The van der Waals surface area contributed by atoms with Gasteiger partial charge in [-0.1, -0.05) is 86.6 Å². The molecule has 0 fully saturated rings. The first kappa shape index (κ1) is 24.1. The van der Waals surface area contributed by atoms with Gasteiger partial charge in [0.25, 0.3) is 0 Å². The van der Waals surface area contributed by atoms with E-state index >= 15 is 0 Å². The van der Waals surface area contributed by atoms with Gasteiger partial charge < -0.3 is 4.90 Å². The van der Waals surface area contributed by atoms with Crippen LogP contribution in [-0.4, -0.2) is 9.97 Å². The largest absolute Gasteiger partial charge is 0.310 e. The molecule has 0 saturated heterocycles. The van der Waals surface area contributed by atoms with Crippen LogP contribution in [0, 0.1) is 0 Å². The molecule has 0 atom stereocenters. The molecule has 0 saturated carbocycles. The molecule has 6 aromatic rings. The van der Waals surface area contributed by atoms with Crippen molar-refractivity contribution in [3.05, 3.63) is 151 Å². The van der Waals surface area contributed by atoms with E-state index in [1.807, 2.05) is 24.4 Å². The van der Waals surface area contributed by atoms with Crippen molar-refractivity contribution < 1.29 is 0 Å². The Morgan fingerprint density at radius 2 is 1.15 bits per heavy atom. The summed E-state index contributed by atoms with van der Waals surface area (Å²) in [5, 5.41) is 0. The van der Waals surface area contributed by atoms with Crippen molar-refractivity contribution in [1.29, 1.82) is 0 Å². The van der Waals surface area contributed by atoms with Crippen LogP contribution in [0.25, 0.3) is 33.6 Å². The highest BCUT2D eigenvalue weighted by Gasteiger charge is 2.35. The number of rotatable bonds is 5. The number of hydrogen-bond acceptors (Lipinski definition) is 3. The van der Waals surface area contributed by atoms with Gasteiger partial charge in [-0.25, -0.2) is 0 Å². The molecule has 1 aliphatic carbocycles. The lowest BCUT2D eigenvalue weighted by molar-refractivity contribution is 0.657. The smallest absolute Gasteiger partial charge is 0.0709 e. The minimum atomic E-state index is -0.0535. The van der Waals surface area contributed by atoms with Crippen LogP contribution in [0.4, 0.5) is 17.1 Å². The monoisotopic (exact) mass is 515 g/mol. The van der Waals surface area contributed by atoms with Gasteiger partial charge in [-0.3, -0.25) is 9.97 Å². The van der Waals surface area contributed by atoms with E-state index in [0.29, 0.717) is 0 Å². The zero-order chi connectivity index (χ0) is 27.1. The maximum Gasteiger partial charge on any atom is 0.0709 e. The Kier molecular flexibility index (Phi) is 5.78. The number of benzene rings is 4. The highest BCUT2D eigenvalue weighted by molar-refractivity contribution is 5.85. The molecule has 4 aromatic carbocycles. The molecule has 0 amide bonds. The van der Waals surface area contributed by atoms with Crippen LogP contribution in [-0.2, 0) is 5.41 Å². The maximum atomic E-state index is 4.97. The molecule has 0 bridgehead atoms. The van der Waals surface area contributed by atoms with E-state index in [-0.39, 0.29) is 5.41 Å². The fourth-order valence-electron chi connectivity index (χ4n) is 5.91. The first-order chi connectivity index (χ1) is 19.6. The molecule has 3 nitrogen and oxygen atoms in total. The van der Waals surface area contributed by atoms with Crippen molar-refractivity contribution in [2.75, 3.05) is 4.90 Å². The summed E-state index contributed by atoms with van der Waals surface area (Å²) >= 11 is 0. The van der Waals surface area contributed by atoms with Gasteiger partial charge in [-0.15, -0.1) is 0 Å². The zero-order valence-corrected chi connectivity index (χ0v) is 22.6. The minimum absolute atomic E-state index is 0.0535. The molecule has 2 heterocycles. The Balaban J connectivity index is 1.34.